The molecule has 0 bridgehead atoms. The molecule has 17 heavy (non-hydrogen) atoms. The highest BCUT2D eigenvalue weighted by molar-refractivity contribution is 5.18. The van der Waals surface area contributed by atoms with Crippen LogP contribution >= 0.6 is 0 Å². The molecule has 0 aromatic heterocycles. The van der Waals surface area contributed by atoms with Crippen molar-refractivity contribution in [1.82, 2.24) is 5.32 Å². The third-order valence-electron chi connectivity index (χ3n) is 3.29. The Bertz CT molecular complexity index is 373. The van der Waals surface area contributed by atoms with Crippen molar-refractivity contribution in [2.45, 2.75) is 44.6 Å². The van der Waals surface area contributed by atoms with Gasteiger partial charge >= 0.3 is 0 Å². The van der Waals surface area contributed by atoms with Gasteiger partial charge in [-0.05, 0) is 26.3 Å². The molecule has 2 rings (SSSR count). The molecule has 1 aliphatic heterocycles. The summed E-state index contributed by atoms with van der Waals surface area (Å²) in [5.41, 5.74) is 0.00417. The number of hydrogen-bond donors (Lipinski definition) is 2. The van der Waals surface area contributed by atoms with E-state index in [-0.39, 0.29) is 11.8 Å². The first-order valence-electron chi connectivity index (χ1n) is 6.07. The molecule has 2 N–H and O–H groups in total. The normalized spacial score (nSPS) is 26.7. The second kappa shape index (κ2) is 4.41. The van der Waals surface area contributed by atoms with E-state index < -0.39 is 5.60 Å². The number of aliphatic hydroxyl groups is 1. The molecule has 1 heterocycles. The number of benzene rings is 1. The van der Waals surface area contributed by atoms with Crippen molar-refractivity contribution in [1.29, 1.82) is 0 Å². The van der Waals surface area contributed by atoms with Crippen molar-refractivity contribution in [3.05, 3.63) is 35.9 Å². The van der Waals surface area contributed by atoms with Crippen LogP contribution in [0.4, 0.5) is 0 Å². The van der Waals surface area contributed by atoms with Gasteiger partial charge in [0.2, 0.25) is 0 Å². The van der Waals surface area contributed by atoms with Crippen LogP contribution in [0.5, 0.6) is 0 Å². The number of nitrogens with one attached hydrogen (secondary N) is 1. The minimum Gasteiger partial charge on any atom is -0.388 e. The number of hydrogen-bond acceptors (Lipinski definition) is 3. The van der Waals surface area contributed by atoms with Gasteiger partial charge in [0, 0.05) is 6.42 Å². The average molecular weight is 235 g/mol. The van der Waals surface area contributed by atoms with E-state index in [9.17, 15) is 5.11 Å². The molecular formula is C14H21NO2. The molecule has 0 amide bonds. The summed E-state index contributed by atoms with van der Waals surface area (Å²) < 4.78 is 5.61. The Morgan fingerprint density at radius 3 is 2.59 bits per heavy atom. The van der Waals surface area contributed by atoms with Crippen molar-refractivity contribution in [2.75, 3.05) is 6.61 Å². The fourth-order valence-electron chi connectivity index (χ4n) is 2.26. The van der Waals surface area contributed by atoms with Crippen LogP contribution < -0.4 is 5.32 Å². The Labute approximate surface area is 103 Å². The Balaban J connectivity index is 2.05. The lowest BCUT2D eigenvalue weighted by atomic mass is 9.89. The molecule has 0 saturated carbocycles. The fourth-order valence-corrected chi connectivity index (χ4v) is 2.26. The molecule has 0 spiro atoms. The third-order valence-corrected chi connectivity index (χ3v) is 3.29. The lowest BCUT2D eigenvalue weighted by molar-refractivity contribution is 0.0149. The fraction of sp³-hybridized carbons (Fsp3) is 0.571. The van der Waals surface area contributed by atoms with E-state index in [1.807, 2.05) is 51.1 Å². The second-order valence-corrected chi connectivity index (χ2v) is 5.54. The second-order valence-electron chi connectivity index (χ2n) is 5.54. The lowest BCUT2D eigenvalue weighted by Gasteiger charge is -2.30. The van der Waals surface area contributed by atoms with E-state index in [1.54, 1.807) is 0 Å². The van der Waals surface area contributed by atoms with Crippen LogP contribution in [-0.4, -0.2) is 29.1 Å². The van der Waals surface area contributed by atoms with E-state index in [0.717, 1.165) is 5.56 Å². The molecule has 3 heteroatoms. The van der Waals surface area contributed by atoms with Gasteiger partial charge in [-0.2, -0.15) is 0 Å². The van der Waals surface area contributed by atoms with Crippen molar-refractivity contribution in [3.63, 3.8) is 0 Å². The Morgan fingerprint density at radius 2 is 2.06 bits per heavy atom. The number of ether oxygens (including phenoxy) is 1. The molecule has 3 nitrogen and oxygen atoms in total. The molecule has 2 unspecified atom stereocenters. The van der Waals surface area contributed by atoms with Gasteiger partial charge in [0.25, 0.3) is 0 Å². The van der Waals surface area contributed by atoms with Gasteiger partial charge in [0.15, 0.2) is 0 Å². The Hall–Kier alpha value is -0.900. The minimum atomic E-state index is -0.797. The highest BCUT2D eigenvalue weighted by atomic mass is 16.5. The highest BCUT2D eigenvalue weighted by Gasteiger charge is 2.41. The summed E-state index contributed by atoms with van der Waals surface area (Å²) in [6.07, 6.45) is 0.630. The molecule has 1 saturated heterocycles. The monoisotopic (exact) mass is 235 g/mol. The molecule has 0 aliphatic carbocycles. The zero-order valence-electron chi connectivity index (χ0n) is 10.7. The van der Waals surface area contributed by atoms with Gasteiger partial charge in [-0.1, -0.05) is 30.3 Å². The van der Waals surface area contributed by atoms with E-state index in [4.69, 9.17) is 4.74 Å². The first-order chi connectivity index (χ1) is 7.89. The van der Waals surface area contributed by atoms with Crippen LogP contribution in [0.2, 0.25) is 0 Å². The van der Waals surface area contributed by atoms with Crippen LogP contribution in [0.3, 0.4) is 0 Å². The first-order valence-corrected chi connectivity index (χ1v) is 6.07. The molecule has 0 radical (unpaired) electrons. The summed E-state index contributed by atoms with van der Waals surface area (Å²) >= 11 is 0. The quantitative estimate of drug-likeness (QED) is 0.838. The predicted octanol–water partition coefficient (Wildman–Crippen LogP) is 1.70. The maximum absolute atomic E-state index is 10.6. The van der Waals surface area contributed by atoms with Crippen LogP contribution in [0, 0.1) is 0 Å². The molecule has 1 aromatic rings. The van der Waals surface area contributed by atoms with Gasteiger partial charge in [-0.15, -0.1) is 0 Å². The van der Waals surface area contributed by atoms with E-state index in [1.165, 1.54) is 0 Å². The van der Waals surface area contributed by atoms with Crippen molar-refractivity contribution >= 4 is 0 Å². The first kappa shape index (κ1) is 12.6. The molecule has 1 aliphatic rings. The summed E-state index contributed by atoms with van der Waals surface area (Å²) in [6.45, 7) is 6.37. The lowest BCUT2D eigenvalue weighted by Crippen LogP contribution is -2.52. The van der Waals surface area contributed by atoms with Crippen LogP contribution in [0.25, 0.3) is 0 Å². The molecule has 1 fully saturated rings. The van der Waals surface area contributed by atoms with Crippen LogP contribution in [0.15, 0.2) is 30.3 Å². The smallest absolute Gasteiger partial charge is 0.114 e. The SMILES string of the molecule is CC1(C)NC(C(C)(O)Cc2ccccc2)CO1. The average Bonchev–Trinajstić information content (AvgIpc) is 2.60. The summed E-state index contributed by atoms with van der Waals surface area (Å²) in [5.74, 6) is 0. The largest absolute Gasteiger partial charge is 0.388 e. The van der Waals surface area contributed by atoms with Crippen LogP contribution in [0.1, 0.15) is 26.3 Å². The third kappa shape index (κ3) is 3.06. The summed E-state index contributed by atoms with van der Waals surface area (Å²) in [4.78, 5) is 0. The highest BCUT2D eigenvalue weighted by Crippen LogP contribution is 2.25. The molecular weight excluding hydrogens is 214 g/mol. The maximum Gasteiger partial charge on any atom is 0.114 e. The van der Waals surface area contributed by atoms with Crippen LogP contribution in [-0.2, 0) is 11.2 Å². The van der Waals surface area contributed by atoms with Crippen molar-refractivity contribution < 1.29 is 9.84 Å². The van der Waals surface area contributed by atoms with E-state index in [0.29, 0.717) is 13.0 Å². The summed E-state index contributed by atoms with van der Waals surface area (Å²) in [5, 5.41) is 13.9. The zero-order chi connectivity index (χ0) is 12.5. The minimum absolute atomic E-state index is 0.0299. The predicted molar refractivity (Wildman–Crippen MR) is 67.7 cm³/mol. The zero-order valence-corrected chi connectivity index (χ0v) is 10.7. The van der Waals surface area contributed by atoms with Crippen molar-refractivity contribution in [3.8, 4) is 0 Å². The Morgan fingerprint density at radius 1 is 1.41 bits per heavy atom. The molecule has 94 valence electrons. The Kier molecular flexibility index (Phi) is 3.25. The molecule has 1 aromatic carbocycles. The standard InChI is InChI=1S/C14H21NO2/c1-13(2)15-12(10-17-13)14(3,16)9-11-7-5-4-6-8-11/h4-8,12,15-16H,9-10H2,1-3H3. The topological polar surface area (TPSA) is 41.5 Å². The van der Waals surface area contributed by atoms with Gasteiger partial charge in [0.05, 0.1) is 18.2 Å². The van der Waals surface area contributed by atoms with Gasteiger partial charge in [-0.3, -0.25) is 5.32 Å². The molecule has 2 atom stereocenters. The van der Waals surface area contributed by atoms with Gasteiger partial charge in [-0.25, -0.2) is 0 Å². The van der Waals surface area contributed by atoms with E-state index >= 15 is 0 Å². The van der Waals surface area contributed by atoms with Crippen molar-refractivity contribution in [2.24, 2.45) is 0 Å². The number of rotatable bonds is 3. The van der Waals surface area contributed by atoms with Gasteiger partial charge < -0.3 is 9.84 Å². The van der Waals surface area contributed by atoms with Gasteiger partial charge in [0.1, 0.15) is 5.72 Å². The van der Waals surface area contributed by atoms with E-state index in [2.05, 4.69) is 5.32 Å². The maximum atomic E-state index is 10.6. The summed E-state index contributed by atoms with van der Waals surface area (Å²) in [6, 6.07) is 10.0. The summed E-state index contributed by atoms with van der Waals surface area (Å²) in [7, 11) is 0.